The second-order valence-corrected chi connectivity index (χ2v) is 11.7. The van der Waals surface area contributed by atoms with Gasteiger partial charge in [-0.25, -0.2) is 8.42 Å². The molecule has 1 N–H and O–H groups in total. The van der Waals surface area contributed by atoms with E-state index in [-0.39, 0.29) is 29.6 Å². The van der Waals surface area contributed by atoms with E-state index in [0.717, 1.165) is 49.9 Å². The largest absolute Gasteiger partial charge is 0.350 e. The van der Waals surface area contributed by atoms with Gasteiger partial charge in [0.15, 0.2) is 0 Å². The molecular formula is C27H38ClN3O3S. The zero-order valence-corrected chi connectivity index (χ0v) is 22.3. The molecule has 2 fully saturated rings. The van der Waals surface area contributed by atoms with Gasteiger partial charge in [-0.1, -0.05) is 74.7 Å². The molecule has 35 heavy (non-hydrogen) atoms. The molecule has 0 aromatic heterocycles. The quantitative estimate of drug-likeness (QED) is 0.555. The predicted molar refractivity (Wildman–Crippen MR) is 144 cm³/mol. The van der Waals surface area contributed by atoms with Crippen LogP contribution >= 0.6 is 12.4 Å². The van der Waals surface area contributed by atoms with Crippen LogP contribution in [-0.2, 0) is 10.0 Å². The number of amides is 1. The Labute approximate surface area is 216 Å². The van der Waals surface area contributed by atoms with Crippen molar-refractivity contribution in [3.8, 4) is 11.1 Å². The van der Waals surface area contributed by atoms with E-state index >= 15 is 0 Å². The second kappa shape index (κ2) is 12.3. The van der Waals surface area contributed by atoms with Crippen molar-refractivity contribution in [2.24, 2.45) is 0 Å². The summed E-state index contributed by atoms with van der Waals surface area (Å²) in [7, 11) is -3.16. The molecule has 6 nitrogen and oxygen atoms in total. The summed E-state index contributed by atoms with van der Waals surface area (Å²) >= 11 is 0. The number of halogens is 1. The third kappa shape index (κ3) is 6.45. The smallest absolute Gasteiger partial charge is 0.251 e. The van der Waals surface area contributed by atoms with Gasteiger partial charge in [0.2, 0.25) is 10.0 Å². The van der Waals surface area contributed by atoms with Crippen LogP contribution in [-0.4, -0.2) is 67.5 Å². The monoisotopic (exact) mass is 519 g/mol. The van der Waals surface area contributed by atoms with Crippen molar-refractivity contribution in [3.05, 3.63) is 60.2 Å². The van der Waals surface area contributed by atoms with Gasteiger partial charge in [0.25, 0.3) is 5.91 Å². The number of benzene rings is 2. The molecule has 1 aliphatic carbocycles. The summed E-state index contributed by atoms with van der Waals surface area (Å²) in [5.41, 5.74) is 2.56. The molecule has 8 heteroatoms. The lowest BCUT2D eigenvalue weighted by molar-refractivity contribution is 0.0240. The fourth-order valence-corrected chi connectivity index (χ4v) is 7.03. The van der Waals surface area contributed by atoms with Gasteiger partial charge in [0.05, 0.1) is 5.75 Å². The van der Waals surface area contributed by atoms with Crippen molar-refractivity contribution in [1.29, 1.82) is 0 Å². The first-order chi connectivity index (χ1) is 16.5. The Morgan fingerprint density at radius 3 is 2.20 bits per heavy atom. The van der Waals surface area contributed by atoms with Crippen molar-refractivity contribution >= 4 is 28.3 Å². The van der Waals surface area contributed by atoms with Crippen LogP contribution in [0, 0.1) is 0 Å². The third-order valence-electron chi connectivity index (χ3n) is 7.38. The van der Waals surface area contributed by atoms with Crippen molar-refractivity contribution < 1.29 is 13.2 Å². The summed E-state index contributed by atoms with van der Waals surface area (Å²) in [6.45, 7) is 5.02. The van der Waals surface area contributed by atoms with Crippen LogP contribution in [0.25, 0.3) is 11.1 Å². The standard InChI is InChI=1S/C27H37N3O3S.ClH/c1-2-21-34(32,33)30-19-17-29(18-20-30)27(15-9-4-10-16-27)22-28-26(31)25-14-8-7-13-24(25)23-11-5-3-6-12-23;/h3,5-8,11-14H,2,4,9-10,15-22H2,1H3,(H,28,31);1H. The molecule has 2 aromatic rings. The number of hydrogen-bond donors (Lipinski definition) is 1. The van der Waals surface area contributed by atoms with Crippen molar-refractivity contribution in [1.82, 2.24) is 14.5 Å². The van der Waals surface area contributed by atoms with Crippen LogP contribution in [0.1, 0.15) is 55.8 Å². The minimum Gasteiger partial charge on any atom is -0.350 e. The van der Waals surface area contributed by atoms with Gasteiger partial charge in [-0.2, -0.15) is 4.31 Å². The molecule has 0 atom stereocenters. The van der Waals surface area contributed by atoms with Gasteiger partial charge in [-0.15, -0.1) is 12.4 Å². The Kier molecular flexibility index (Phi) is 9.76. The van der Waals surface area contributed by atoms with E-state index in [1.165, 1.54) is 6.42 Å². The van der Waals surface area contributed by atoms with Crippen molar-refractivity contribution in [3.63, 3.8) is 0 Å². The van der Waals surface area contributed by atoms with Crippen molar-refractivity contribution in [2.75, 3.05) is 38.5 Å². The molecule has 1 aliphatic heterocycles. The van der Waals surface area contributed by atoms with E-state index in [0.29, 0.717) is 31.6 Å². The average molecular weight is 520 g/mol. The van der Waals surface area contributed by atoms with Gasteiger partial charge in [0, 0.05) is 43.8 Å². The molecule has 0 unspecified atom stereocenters. The highest BCUT2D eigenvalue weighted by Gasteiger charge is 2.41. The number of nitrogens with zero attached hydrogens (tertiary/aromatic N) is 2. The Hall–Kier alpha value is -1.93. The topological polar surface area (TPSA) is 69.7 Å². The molecule has 0 radical (unpaired) electrons. The Balaban J connectivity index is 0.00000342. The number of carbonyl (C=O) groups excluding carboxylic acids is 1. The van der Waals surface area contributed by atoms with Crippen LogP contribution < -0.4 is 5.32 Å². The highest BCUT2D eigenvalue weighted by Crippen LogP contribution is 2.34. The highest BCUT2D eigenvalue weighted by molar-refractivity contribution is 7.89. The van der Waals surface area contributed by atoms with Crippen molar-refractivity contribution in [2.45, 2.75) is 51.0 Å². The lowest BCUT2D eigenvalue weighted by atomic mass is 9.79. The first-order valence-electron chi connectivity index (χ1n) is 12.6. The molecule has 1 saturated carbocycles. The van der Waals surface area contributed by atoms with Crippen LogP contribution in [0.3, 0.4) is 0 Å². The summed E-state index contributed by atoms with van der Waals surface area (Å²) in [4.78, 5) is 15.8. The molecule has 1 amide bonds. The lowest BCUT2D eigenvalue weighted by Gasteiger charge is -2.49. The number of rotatable bonds is 8. The maximum Gasteiger partial charge on any atom is 0.251 e. The molecule has 2 aromatic carbocycles. The Morgan fingerprint density at radius 1 is 0.914 bits per heavy atom. The van der Waals surface area contributed by atoms with Gasteiger partial charge < -0.3 is 5.32 Å². The van der Waals surface area contributed by atoms with E-state index < -0.39 is 10.0 Å². The number of sulfonamides is 1. The minimum absolute atomic E-state index is 0. The fraction of sp³-hybridized carbons (Fsp3) is 0.519. The SMILES string of the molecule is CCCS(=O)(=O)N1CCN(C2(CNC(=O)c3ccccc3-c3ccccc3)CCCCC2)CC1.Cl. The lowest BCUT2D eigenvalue weighted by Crippen LogP contribution is -2.62. The van der Waals surface area contributed by atoms with E-state index in [1.54, 1.807) is 4.31 Å². The van der Waals surface area contributed by atoms with E-state index in [4.69, 9.17) is 0 Å². The first kappa shape index (κ1) is 27.7. The zero-order chi connectivity index (χ0) is 24.0. The molecular weight excluding hydrogens is 482 g/mol. The maximum atomic E-state index is 13.3. The van der Waals surface area contributed by atoms with Gasteiger partial charge >= 0.3 is 0 Å². The summed E-state index contributed by atoms with van der Waals surface area (Å²) in [5.74, 6) is 0.170. The molecule has 4 rings (SSSR count). The van der Waals surface area contributed by atoms with Crippen LogP contribution in [0.4, 0.5) is 0 Å². The minimum atomic E-state index is -3.16. The fourth-order valence-electron chi connectivity index (χ4n) is 5.53. The first-order valence-corrected chi connectivity index (χ1v) is 14.2. The zero-order valence-electron chi connectivity index (χ0n) is 20.6. The van der Waals surface area contributed by atoms with Gasteiger partial charge in [0.1, 0.15) is 0 Å². The van der Waals surface area contributed by atoms with Gasteiger partial charge in [-0.3, -0.25) is 9.69 Å². The Morgan fingerprint density at radius 2 is 1.54 bits per heavy atom. The van der Waals surface area contributed by atoms with Crippen LogP contribution in [0.2, 0.25) is 0 Å². The predicted octanol–water partition coefficient (Wildman–Crippen LogP) is 4.57. The van der Waals surface area contributed by atoms with E-state index in [9.17, 15) is 13.2 Å². The molecule has 0 spiro atoms. The van der Waals surface area contributed by atoms with Crippen LogP contribution in [0.15, 0.2) is 54.6 Å². The molecule has 0 bridgehead atoms. The molecule has 192 valence electrons. The second-order valence-electron chi connectivity index (χ2n) is 9.58. The summed E-state index contributed by atoms with van der Waals surface area (Å²) in [6.07, 6.45) is 6.22. The summed E-state index contributed by atoms with van der Waals surface area (Å²) in [6, 6.07) is 17.8. The Bertz CT molecular complexity index is 1060. The van der Waals surface area contributed by atoms with E-state index in [2.05, 4.69) is 10.2 Å². The number of hydrogen-bond acceptors (Lipinski definition) is 4. The van der Waals surface area contributed by atoms with Crippen LogP contribution in [0.5, 0.6) is 0 Å². The normalized spacial score (nSPS) is 19.0. The van der Waals surface area contributed by atoms with Gasteiger partial charge in [-0.05, 0) is 36.5 Å². The molecule has 1 saturated heterocycles. The molecule has 2 aliphatic rings. The maximum absolute atomic E-state index is 13.3. The third-order valence-corrected chi connectivity index (χ3v) is 9.46. The number of carbonyl (C=O) groups is 1. The van der Waals surface area contributed by atoms with E-state index in [1.807, 2.05) is 61.5 Å². The number of piperazine rings is 1. The summed E-state index contributed by atoms with van der Waals surface area (Å²) in [5, 5.41) is 3.27. The summed E-state index contributed by atoms with van der Waals surface area (Å²) < 4.78 is 26.7. The molecule has 1 heterocycles. The number of nitrogens with one attached hydrogen (secondary N) is 1. The highest BCUT2D eigenvalue weighted by atomic mass is 35.5. The average Bonchev–Trinajstić information content (AvgIpc) is 2.88.